The van der Waals surface area contributed by atoms with Crippen LogP contribution in [0.15, 0.2) is 0 Å². The molecule has 0 aromatic heterocycles. The van der Waals surface area contributed by atoms with Gasteiger partial charge < -0.3 is 15.5 Å². The summed E-state index contributed by atoms with van der Waals surface area (Å²) in [4.78, 5) is 67.2. The van der Waals surface area contributed by atoms with Crippen molar-refractivity contribution in [2.45, 2.75) is 59.7 Å². The third-order valence-electron chi connectivity index (χ3n) is 4.31. The Hall–Kier alpha value is -3.18. The van der Waals surface area contributed by atoms with Gasteiger partial charge in [0.1, 0.15) is 12.6 Å². The summed E-state index contributed by atoms with van der Waals surface area (Å²) < 4.78 is 0. The lowest BCUT2D eigenvalue weighted by molar-refractivity contribution is -0.126. The third-order valence-corrected chi connectivity index (χ3v) is 4.31. The predicted molar refractivity (Wildman–Crippen MR) is 106 cm³/mol. The van der Waals surface area contributed by atoms with Crippen LogP contribution in [0.3, 0.4) is 0 Å². The Morgan fingerprint density at radius 1 is 0.833 bits per heavy atom. The van der Waals surface area contributed by atoms with Gasteiger partial charge in [-0.2, -0.15) is 0 Å². The molecule has 12 heteroatoms. The molecule has 3 fully saturated rings. The molecule has 12 nitrogen and oxygen atoms in total. The minimum atomic E-state index is -0.385. The third kappa shape index (κ3) is 6.71. The van der Waals surface area contributed by atoms with Gasteiger partial charge in [0.05, 0.1) is 6.54 Å². The summed E-state index contributed by atoms with van der Waals surface area (Å²) >= 11 is 0. The Morgan fingerprint density at radius 2 is 1.43 bits per heavy atom. The molecule has 30 heavy (non-hydrogen) atoms. The summed E-state index contributed by atoms with van der Waals surface area (Å²) in [6.07, 6.45) is 0. The average molecular weight is 426 g/mol. The lowest BCUT2D eigenvalue weighted by atomic mass is 10.1. The van der Waals surface area contributed by atoms with Gasteiger partial charge in [-0.25, -0.2) is 14.4 Å². The van der Waals surface area contributed by atoms with E-state index in [0.29, 0.717) is 0 Å². The first-order valence-corrected chi connectivity index (χ1v) is 9.66. The van der Waals surface area contributed by atoms with Crippen molar-refractivity contribution < 1.29 is 28.8 Å². The van der Waals surface area contributed by atoms with E-state index in [2.05, 4.69) is 21.3 Å². The van der Waals surface area contributed by atoms with E-state index >= 15 is 0 Å². The van der Waals surface area contributed by atoms with E-state index in [0.717, 1.165) is 0 Å². The van der Waals surface area contributed by atoms with Gasteiger partial charge in [-0.05, 0) is 33.6 Å². The van der Waals surface area contributed by atoms with E-state index in [1.807, 2.05) is 41.5 Å². The second-order valence-electron chi connectivity index (χ2n) is 7.78. The highest BCUT2D eigenvalue weighted by atomic mass is 16.2. The van der Waals surface area contributed by atoms with Crippen LogP contribution >= 0.6 is 0 Å². The molecule has 0 bridgehead atoms. The van der Waals surface area contributed by atoms with E-state index in [1.165, 1.54) is 9.80 Å². The molecule has 168 valence electrons. The summed E-state index contributed by atoms with van der Waals surface area (Å²) in [5.41, 5.74) is 0. The fourth-order valence-electron chi connectivity index (χ4n) is 2.73. The minimum Gasteiger partial charge on any atom is -0.329 e. The number of urea groups is 3. The predicted octanol–water partition coefficient (Wildman–Crippen LogP) is -0.256. The first-order valence-electron chi connectivity index (χ1n) is 9.66. The van der Waals surface area contributed by atoms with Crippen LogP contribution in [0.25, 0.3) is 0 Å². The molecule has 9 amide bonds. The molecule has 0 saturated carbocycles. The summed E-state index contributed by atoms with van der Waals surface area (Å²) in [6, 6.07) is -1.21. The Balaban J connectivity index is 0.000000225. The lowest BCUT2D eigenvalue weighted by Gasteiger charge is -2.16. The van der Waals surface area contributed by atoms with Gasteiger partial charge in [0.15, 0.2) is 0 Å². The monoisotopic (exact) mass is 426 g/mol. The van der Waals surface area contributed by atoms with Gasteiger partial charge in [-0.1, -0.05) is 13.8 Å². The van der Waals surface area contributed by atoms with Crippen molar-refractivity contribution in [2.75, 3.05) is 13.1 Å². The standard InChI is InChI=1S/3C6H10N2O2/c1-4(2)8-3-5(9)7-6(8)10;1-4(2)8-5(9)3-7-6(8)10;1-3(2)4-5(9)8-6(10)7-4/h4H,3H2,1-2H3,(H,7,9,10);4H,3H2,1-2H3,(H,7,10);3-4H,1-2H3,(H2,7,8,9,10). The molecule has 3 aliphatic rings. The number of rotatable bonds is 3. The first kappa shape index (κ1) is 24.9. The molecule has 0 aromatic rings. The molecule has 1 atom stereocenters. The van der Waals surface area contributed by atoms with Crippen molar-refractivity contribution in [1.29, 1.82) is 0 Å². The maximum Gasteiger partial charge on any atom is 0.324 e. The molecule has 3 rings (SSSR count). The fraction of sp³-hybridized carbons (Fsp3) is 0.667. The van der Waals surface area contributed by atoms with Gasteiger partial charge in [0.25, 0.3) is 5.91 Å². The van der Waals surface area contributed by atoms with Crippen molar-refractivity contribution in [1.82, 2.24) is 31.1 Å². The zero-order valence-electron chi connectivity index (χ0n) is 18.1. The summed E-state index contributed by atoms with van der Waals surface area (Å²) in [6.45, 7) is 11.5. The van der Waals surface area contributed by atoms with Gasteiger partial charge in [-0.15, -0.1) is 0 Å². The molecule has 3 saturated heterocycles. The van der Waals surface area contributed by atoms with E-state index in [-0.39, 0.29) is 72.9 Å². The number of amides is 9. The Bertz CT molecular complexity index is 660. The maximum absolute atomic E-state index is 10.9. The number of hydrogen-bond acceptors (Lipinski definition) is 6. The van der Waals surface area contributed by atoms with E-state index < -0.39 is 0 Å². The largest absolute Gasteiger partial charge is 0.329 e. The van der Waals surface area contributed by atoms with E-state index in [9.17, 15) is 28.8 Å². The highest BCUT2D eigenvalue weighted by molar-refractivity contribution is 6.04. The van der Waals surface area contributed by atoms with Crippen molar-refractivity contribution >= 4 is 35.8 Å². The highest BCUT2D eigenvalue weighted by Gasteiger charge is 2.32. The number of nitrogens with zero attached hydrogens (tertiary/aromatic N) is 2. The number of carbonyl (C=O) groups is 6. The van der Waals surface area contributed by atoms with Gasteiger partial charge in [-0.3, -0.25) is 29.9 Å². The first-order chi connectivity index (χ1) is 13.8. The van der Waals surface area contributed by atoms with Crippen LogP contribution in [-0.2, 0) is 14.4 Å². The van der Waals surface area contributed by atoms with E-state index in [4.69, 9.17) is 0 Å². The van der Waals surface area contributed by atoms with Crippen LogP contribution < -0.4 is 21.3 Å². The van der Waals surface area contributed by atoms with Crippen LogP contribution in [0.5, 0.6) is 0 Å². The molecule has 0 aromatic carbocycles. The van der Waals surface area contributed by atoms with E-state index in [1.54, 1.807) is 0 Å². The molecule has 0 aliphatic carbocycles. The maximum atomic E-state index is 10.9. The van der Waals surface area contributed by atoms with Crippen molar-refractivity contribution in [2.24, 2.45) is 5.92 Å². The average Bonchev–Trinajstić information content (AvgIpc) is 3.25. The Labute approximate surface area is 175 Å². The summed E-state index contributed by atoms with van der Waals surface area (Å²) in [5, 5.41) is 9.30. The Morgan fingerprint density at radius 3 is 1.63 bits per heavy atom. The molecule has 4 N–H and O–H groups in total. The molecule has 0 radical (unpaired) electrons. The quantitative estimate of drug-likeness (QED) is 0.456. The van der Waals surface area contributed by atoms with Crippen LogP contribution in [0.1, 0.15) is 41.5 Å². The second kappa shape index (κ2) is 10.6. The Kier molecular flexibility index (Phi) is 8.75. The number of nitrogens with one attached hydrogen (secondary N) is 4. The molecular formula is C18H30N6O6. The molecule has 1 unspecified atom stereocenters. The smallest absolute Gasteiger partial charge is 0.324 e. The summed E-state index contributed by atoms with van der Waals surface area (Å²) in [5.74, 6) is -0.412. The van der Waals surface area contributed by atoms with Gasteiger partial charge in [0, 0.05) is 12.1 Å². The fourth-order valence-corrected chi connectivity index (χ4v) is 2.73. The second-order valence-corrected chi connectivity index (χ2v) is 7.78. The SMILES string of the molecule is CC(C)C1NC(=O)NC1=O.CC(C)N1C(=O)CNC1=O.CC(C)N1CC(=O)NC1=O. The molecular weight excluding hydrogens is 396 g/mol. The van der Waals surface area contributed by atoms with Crippen molar-refractivity contribution in [3.05, 3.63) is 0 Å². The highest BCUT2D eigenvalue weighted by Crippen LogP contribution is 2.05. The summed E-state index contributed by atoms with van der Waals surface area (Å²) in [7, 11) is 0. The number of hydrogen-bond donors (Lipinski definition) is 4. The van der Waals surface area contributed by atoms with Crippen LogP contribution in [0.2, 0.25) is 0 Å². The van der Waals surface area contributed by atoms with Crippen molar-refractivity contribution in [3.8, 4) is 0 Å². The topological polar surface area (TPSA) is 157 Å². The molecule has 3 aliphatic heterocycles. The van der Waals surface area contributed by atoms with Gasteiger partial charge in [0.2, 0.25) is 11.8 Å². The van der Waals surface area contributed by atoms with Crippen LogP contribution in [-0.4, -0.2) is 76.8 Å². The normalized spacial score (nSPS) is 20.6. The van der Waals surface area contributed by atoms with Crippen LogP contribution in [0, 0.1) is 5.92 Å². The van der Waals surface area contributed by atoms with Crippen molar-refractivity contribution in [3.63, 3.8) is 0 Å². The van der Waals surface area contributed by atoms with Gasteiger partial charge >= 0.3 is 18.1 Å². The zero-order valence-corrected chi connectivity index (χ0v) is 18.1. The number of imide groups is 3. The number of carbonyl (C=O) groups excluding carboxylic acids is 6. The van der Waals surface area contributed by atoms with Crippen LogP contribution in [0.4, 0.5) is 14.4 Å². The lowest BCUT2D eigenvalue weighted by Crippen LogP contribution is -2.36. The molecule has 0 spiro atoms. The zero-order chi connectivity index (χ0) is 23.2. The molecule has 3 heterocycles. The minimum absolute atomic E-state index is 0.0324.